The summed E-state index contributed by atoms with van der Waals surface area (Å²) in [4.78, 5) is 10.4. The topological polar surface area (TPSA) is 98.8 Å². The molecule has 5 N–H and O–H groups in total. The highest BCUT2D eigenvalue weighted by Crippen LogP contribution is 2.33. The molecule has 8 nitrogen and oxygen atoms in total. The monoisotopic (exact) mass is 704 g/mol. The van der Waals surface area contributed by atoms with Crippen LogP contribution in [0.2, 0.25) is 15.9 Å². The van der Waals surface area contributed by atoms with Crippen LogP contribution >= 0.6 is 34.8 Å². The minimum absolute atomic E-state index is 0.000000000000000444. The average molecular weight is 706 g/mol. The van der Waals surface area contributed by atoms with Gasteiger partial charge < -0.3 is 10.6 Å². The van der Waals surface area contributed by atoms with E-state index in [4.69, 9.17) is 34.8 Å². The first-order chi connectivity index (χ1) is 21.0. The molecule has 0 aliphatic carbocycles. The lowest BCUT2D eigenvalue weighted by Crippen LogP contribution is -2.77. The molecular formula is C35H67Cl3N8. The molecule has 0 unspecified atom stereocenters. The van der Waals surface area contributed by atoms with Crippen molar-refractivity contribution in [3.8, 4) is 0 Å². The third-order valence-corrected chi connectivity index (χ3v) is 9.45. The Bertz CT molecular complexity index is 953. The summed E-state index contributed by atoms with van der Waals surface area (Å²) in [6.07, 6.45) is 14.4. The van der Waals surface area contributed by atoms with Crippen molar-refractivity contribution >= 4 is 34.8 Å². The maximum atomic E-state index is 5.32. The zero-order valence-corrected chi connectivity index (χ0v) is 33.4. The fourth-order valence-electron chi connectivity index (χ4n) is 8.27. The number of unbranched alkanes of at least 4 members (excludes halogenated alkanes) is 4. The van der Waals surface area contributed by atoms with Gasteiger partial charge in [0.25, 0.3) is 0 Å². The predicted octanol–water partition coefficient (Wildman–Crippen LogP) is 8.80. The molecule has 3 heterocycles. The van der Waals surface area contributed by atoms with E-state index in [1.165, 1.54) is 44.9 Å². The molecule has 2 fully saturated rings. The van der Waals surface area contributed by atoms with Gasteiger partial charge in [-0.1, -0.05) is 46.0 Å². The van der Waals surface area contributed by atoms with Crippen LogP contribution in [0, 0.1) is 0 Å². The number of rotatable bonds is 14. The van der Waals surface area contributed by atoms with E-state index in [1.54, 1.807) is 0 Å². The maximum Gasteiger partial charge on any atom is 0.227 e. The molecule has 0 amide bonds. The van der Waals surface area contributed by atoms with Crippen LogP contribution < -0.4 is 26.6 Å². The van der Waals surface area contributed by atoms with Crippen molar-refractivity contribution in [1.82, 2.24) is 41.5 Å². The molecule has 46 heavy (non-hydrogen) atoms. The van der Waals surface area contributed by atoms with E-state index in [2.05, 4.69) is 125 Å². The summed E-state index contributed by atoms with van der Waals surface area (Å²) < 4.78 is 0. The second-order valence-corrected chi connectivity index (χ2v) is 18.3. The molecule has 1 aromatic heterocycles. The summed E-state index contributed by atoms with van der Waals surface area (Å²) in [5, 5.41) is 20.7. The third-order valence-electron chi connectivity index (χ3n) is 8.95. The Labute approximate surface area is 296 Å². The number of nitrogens with one attached hydrogen (secondary N) is 5. The van der Waals surface area contributed by atoms with Crippen molar-refractivity contribution in [1.29, 1.82) is 0 Å². The number of nitrogens with zero attached hydrogens (tertiary/aromatic N) is 3. The van der Waals surface area contributed by atoms with Crippen molar-refractivity contribution in [3.63, 3.8) is 0 Å². The van der Waals surface area contributed by atoms with Crippen molar-refractivity contribution in [2.75, 3.05) is 0 Å². The van der Waals surface area contributed by atoms with E-state index in [-0.39, 0.29) is 49.3 Å². The van der Waals surface area contributed by atoms with E-state index < -0.39 is 0 Å². The summed E-state index contributed by atoms with van der Waals surface area (Å²) in [5.41, 5.74) is 0.513. The number of halogens is 3. The molecule has 2 aliphatic rings. The van der Waals surface area contributed by atoms with E-state index in [1.807, 2.05) is 0 Å². The van der Waals surface area contributed by atoms with Crippen LogP contribution in [0.25, 0.3) is 0 Å². The molecule has 0 radical (unpaired) electrons. The maximum absolute atomic E-state index is 5.32. The highest BCUT2D eigenvalue weighted by atomic mass is 35.5. The van der Waals surface area contributed by atoms with E-state index >= 15 is 0 Å². The summed E-state index contributed by atoms with van der Waals surface area (Å²) in [5.74, 6) is -0.285. The van der Waals surface area contributed by atoms with Gasteiger partial charge in [0.1, 0.15) is 5.79 Å². The van der Waals surface area contributed by atoms with Gasteiger partial charge in [-0.25, -0.2) is 0 Å². The first-order valence-electron chi connectivity index (χ1n) is 17.7. The van der Waals surface area contributed by atoms with Gasteiger partial charge in [0.15, 0.2) is 0 Å². The van der Waals surface area contributed by atoms with Gasteiger partial charge in [-0.3, -0.25) is 16.0 Å². The molecule has 0 bridgehead atoms. The van der Waals surface area contributed by atoms with Crippen LogP contribution in [0.3, 0.4) is 0 Å². The molecule has 3 rings (SSSR count). The number of hydrogen-bond acceptors (Lipinski definition) is 8. The highest BCUT2D eigenvalue weighted by molar-refractivity contribution is 6.33. The van der Waals surface area contributed by atoms with Gasteiger partial charge in [0.05, 0.1) is 0 Å². The lowest BCUT2D eigenvalue weighted by molar-refractivity contribution is 0.0383. The molecule has 268 valence electrons. The fraction of sp³-hybridized carbons (Fsp3) is 0.914. The van der Waals surface area contributed by atoms with Gasteiger partial charge in [0.2, 0.25) is 15.9 Å². The molecule has 2 saturated heterocycles. The minimum atomic E-state index is -0.285. The third kappa shape index (κ3) is 15.5. The summed E-state index contributed by atoms with van der Waals surface area (Å²) >= 11 is 16.0. The predicted molar refractivity (Wildman–Crippen MR) is 198 cm³/mol. The van der Waals surface area contributed by atoms with Gasteiger partial charge in [-0.05, 0) is 149 Å². The van der Waals surface area contributed by atoms with Gasteiger partial charge in [-0.15, -0.1) is 0 Å². The van der Waals surface area contributed by atoms with Crippen molar-refractivity contribution < 1.29 is 0 Å². The van der Waals surface area contributed by atoms with Crippen molar-refractivity contribution in [2.45, 2.75) is 206 Å². The molecule has 1 aromatic rings. The molecule has 2 aliphatic heterocycles. The number of piperidine rings is 2. The van der Waals surface area contributed by atoms with Gasteiger partial charge in [0, 0.05) is 39.8 Å². The van der Waals surface area contributed by atoms with Gasteiger partial charge >= 0.3 is 0 Å². The van der Waals surface area contributed by atoms with Gasteiger partial charge in [-0.2, -0.15) is 15.0 Å². The summed E-state index contributed by atoms with van der Waals surface area (Å²) in [6.45, 7) is 28.4. The zero-order chi connectivity index (χ0) is 35.0. The number of aromatic nitrogens is 3. The first-order valence-corrected chi connectivity index (χ1v) is 18.8. The van der Waals surface area contributed by atoms with E-state index in [0.717, 1.165) is 32.1 Å². The average Bonchev–Trinajstić information content (AvgIpc) is 2.79. The Kier molecular flexibility index (Phi) is 15.5. The Morgan fingerprint density at radius 2 is 0.935 bits per heavy atom. The van der Waals surface area contributed by atoms with Crippen LogP contribution in [-0.2, 0) is 0 Å². The van der Waals surface area contributed by atoms with Crippen molar-refractivity contribution in [3.05, 3.63) is 15.9 Å². The Hall–Kier alpha value is -0.320. The molecule has 0 atom stereocenters. The Morgan fingerprint density at radius 1 is 0.609 bits per heavy atom. The summed E-state index contributed by atoms with van der Waals surface area (Å²) in [7, 11) is 0. The zero-order valence-electron chi connectivity index (χ0n) is 31.1. The Morgan fingerprint density at radius 3 is 1.26 bits per heavy atom. The lowest BCUT2D eigenvalue weighted by atomic mass is 9.78. The largest absolute Gasteiger partial charge is 0.307 e. The fourth-order valence-corrected chi connectivity index (χ4v) is 8.88. The normalized spacial score (nSPS) is 21.5. The minimum Gasteiger partial charge on any atom is -0.307 e. The second-order valence-electron chi connectivity index (χ2n) is 17.3. The van der Waals surface area contributed by atoms with Crippen molar-refractivity contribution in [2.24, 2.45) is 0 Å². The molecule has 11 heteroatoms. The Balaban J connectivity index is 0.000000700. The van der Waals surface area contributed by atoms with Crippen LogP contribution in [0.4, 0.5) is 0 Å². The van der Waals surface area contributed by atoms with Crippen LogP contribution in [0.5, 0.6) is 0 Å². The first kappa shape index (κ1) is 41.8. The number of hydrogen-bond donors (Lipinski definition) is 5. The van der Waals surface area contributed by atoms with E-state index in [0.29, 0.717) is 12.1 Å². The quantitative estimate of drug-likeness (QED) is 0.0968. The van der Waals surface area contributed by atoms with Crippen LogP contribution in [0.1, 0.15) is 160 Å². The second kappa shape index (κ2) is 17.1. The molecule has 0 spiro atoms. The molecule has 0 saturated carbocycles. The smallest absolute Gasteiger partial charge is 0.227 e. The highest BCUT2D eigenvalue weighted by Gasteiger charge is 2.46. The molecule has 0 aromatic carbocycles. The SMILES string of the molecule is CCCCCC(C)(C)NC(CCCCC)(NC1CC(C)(C)NC(C)(C)C1)NC1CC(C)(C)NC(C)(C)C1.Clc1nc(Cl)nc(Cl)n1. The van der Waals surface area contributed by atoms with Crippen LogP contribution in [0.15, 0.2) is 0 Å². The standard InChI is InChI=1S/C32H67N5.C3Cl3N3/c1-13-15-17-19-27(3,4)37-32(20-18-16-14-2,33-25-21-28(5,6)35-29(7,8)22-25)34-26-23-30(9,10)36-31(11,12)24-26;4-1-7-2(5)9-3(6)8-1/h25-26,33-37H,13-24H2,1-12H3;. The van der Waals surface area contributed by atoms with E-state index in [9.17, 15) is 0 Å². The van der Waals surface area contributed by atoms with Crippen LogP contribution in [-0.4, -0.2) is 60.5 Å². The lowest BCUT2D eigenvalue weighted by Gasteiger charge is -2.54. The summed E-state index contributed by atoms with van der Waals surface area (Å²) in [6, 6.07) is 0.893. The molecular weight excluding hydrogens is 639 g/mol.